The van der Waals surface area contributed by atoms with Crippen molar-refractivity contribution < 1.29 is 14.5 Å². The maximum absolute atomic E-state index is 12.4. The van der Waals surface area contributed by atoms with Crippen LogP contribution in [0.1, 0.15) is 6.42 Å². The van der Waals surface area contributed by atoms with Crippen molar-refractivity contribution in [3.8, 4) is 0 Å². The van der Waals surface area contributed by atoms with Gasteiger partial charge in [-0.2, -0.15) is 0 Å². The summed E-state index contributed by atoms with van der Waals surface area (Å²) in [6.45, 7) is 0.180. The van der Waals surface area contributed by atoms with Crippen LogP contribution in [0.15, 0.2) is 48.5 Å². The zero-order chi connectivity index (χ0) is 18.0. The Bertz CT molecular complexity index is 838. The molecule has 1 atom stereocenters. The molecule has 8 heteroatoms. The maximum Gasteiger partial charge on any atom is 0.271 e. The van der Waals surface area contributed by atoms with E-state index in [0.29, 0.717) is 16.4 Å². The predicted molar refractivity (Wildman–Crippen MR) is 93.6 cm³/mol. The van der Waals surface area contributed by atoms with Gasteiger partial charge in [0.2, 0.25) is 11.8 Å². The Hall–Kier alpha value is -2.93. The first kappa shape index (κ1) is 16.9. The SMILES string of the molecule is O=C(Nc1ccc(Cl)cc1)[C@H]1CC(=O)N(c2cccc([N+](=O)[O-])c2)C1. The van der Waals surface area contributed by atoms with Crippen LogP contribution in [0.5, 0.6) is 0 Å². The monoisotopic (exact) mass is 359 g/mol. The fourth-order valence-corrected chi connectivity index (χ4v) is 2.81. The lowest BCUT2D eigenvalue weighted by Gasteiger charge is -2.16. The topological polar surface area (TPSA) is 92.6 Å². The molecular formula is C17H14ClN3O4. The first-order valence-electron chi connectivity index (χ1n) is 7.55. The van der Waals surface area contributed by atoms with Crippen molar-refractivity contribution in [1.82, 2.24) is 0 Å². The third-order valence-electron chi connectivity index (χ3n) is 3.96. The lowest BCUT2D eigenvalue weighted by molar-refractivity contribution is -0.384. The number of nitrogens with one attached hydrogen (secondary N) is 1. The Morgan fingerprint density at radius 3 is 2.64 bits per heavy atom. The van der Waals surface area contributed by atoms with E-state index in [1.807, 2.05) is 0 Å². The second-order valence-electron chi connectivity index (χ2n) is 5.68. The minimum Gasteiger partial charge on any atom is -0.326 e. The van der Waals surface area contributed by atoms with Crippen molar-refractivity contribution in [3.63, 3.8) is 0 Å². The molecule has 2 aromatic rings. The van der Waals surface area contributed by atoms with Crippen LogP contribution in [0.4, 0.5) is 17.1 Å². The molecule has 128 valence electrons. The number of anilines is 2. The molecule has 1 saturated heterocycles. The number of nitrogens with zero attached hydrogens (tertiary/aromatic N) is 2. The number of amides is 2. The number of rotatable bonds is 4. The Labute approximate surface area is 148 Å². The molecule has 0 aromatic heterocycles. The van der Waals surface area contributed by atoms with Gasteiger partial charge in [0.25, 0.3) is 5.69 Å². The van der Waals surface area contributed by atoms with Crippen LogP contribution < -0.4 is 10.2 Å². The van der Waals surface area contributed by atoms with E-state index in [1.165, 1.54) is 23.1 Å². The number of halogens is 1. The van der Waals surface area contributed by atoms with Gasteiger partial charge in [0, 0.05) is 35.8 Å². The lowest BCUT2D eigenvalue weighted by Crippen LogP contribution is -2.28. The van der Waals surface area contributed by atoms with Crippen LogP contribution in [-0.2, 0) is 9.59 Å². The number of hydrogen-bond acceptors (Lipinski definition) is 4. The molecule has 25 heavy (non-hydrogen) atoms. The zero-order valence-electron chi connectivity index (χ0n) is 13.0. The van der Waals surface area contributed by atoms with Crippen LogP contribution in [0, 0.1) is 16.0 Å². The zero-order valence-corrected chi connectivity index (χ0v) is 13.8. The van der Waals surface area contributed by atoms with E-state index >= 15 is 0 Å². The van der Waals surface area contributed by atoms with Crippen LogP contribution in [-0.4, -0.2) is 23.3 Å². The quantitative estimate of drug-likeness (QED) is 0.670. The van der Waals surface area contributed by atoms with Gasteiger partial charge in [-0.15, -0.1) is 0 Å². The maximum atomic E-state index is 12.4. The summed E-state index contributed by atoms with van der Waals surface area (Å²) in [5, 5.41) is 14.2. The smallest absolute Gasteiger partial charge is 0.271 e. The average molecular weight is 360 g/mol. The van der Waals surface area contributed by atoms with Crippen LogP contribution in [0.2, 0.25) is 5.02 Å². The van der Waals surface area contributed by atoms with Crippen LogP contribution >= 0.6 is 11.6 Å². The minimum absolute atomic E-state index is 0.0577. The van der Waals surface area contributed by atoms with E-state index in [9.17, 15) is 19.7 Å². The standard InChI is InChI=1S/C17H14ClN3O4/c18-12-4-6-13(7-5-12)19-17(23)11-8-16(22)20(10-11)14-2-1-3-15(9-14)21(24)25/h1-7,9,11H,8,10H2,(H,19,23)/t11-/m0/s1. The molecule has 3 rings (SSSR count). The molecule has 1 aliphatic heterocycles. The van der Waals surface area contributed by atoms with Gasteiger partial charge in [0.05, 0.1) is 16.5 Å². The summed E-state index contributed by atoms with van der Waals surface area (Å²) in [4.78, 5) is 36.4. The van der Waals surface area contributed by atoms with Gasteiger partial charge < -0.3 is 10.2 Å². The van der Waals surface area contributed by atoms with Gasteiger partial charge in [-0.1, -0.05) is 17.7 Å². The summed E-state index contributed by atoms with van der Waals surface area (Å²) in [7, 11) is 0. The molecule has 0 radical (unpaired) electrons. The molecule has 0 unspecified atom stereocenters. The molecule has 0 bridgehead atoms. The second-order valence-corrected chi connectivity index (χ2v) is 6.11. The molecular weight excluding hydrogens is 346 g/mol. The average Bonchev–Trinajstić information content (AvgIpc) is 2.99. The molecule has 1 aliphatic rings. The summed E-state index contributed by atoms with van der Waals surface area (Å²) in [5.74, 6) is -1.04. The first-order chi connectivity index (χ1) is 11.9. The third kappa shape index (κ3) is 3.77. The number of carbonyl (C=O) groups is 2. The molecule has 1 heterocycles. The largest absolute Gasteiger partial charge is 0.326 e. The Morgan fingerprint density at radius 1 is 1.24 bits per heavy atom. The molecule has 0 saturated carbocycles. The van der Waals surface area contributed by atoms with E-state index in [1.54, 1.807) is 30.3 Å². The Kier molecular flexibility index (Phi) is 4.67. The number of nitro benzene ring substituents is 1. The van der Waals surface area contributed by atoms with Crippen LogP contribution in [0.25, 0.3) is 0 Å². The van der Waals surface area contributed by atoms with Crippen molar-refractivity contribution in [3.05, 3.63) is 63.7 Å². The van der Waals surface area contributed by atoms with Gasteiger partial charge in [-0.25, -0.2) is 0 Å². The van der Waals surface area contributed by atoms with Gasteiger partial charge in [0.1, 0.15) is 0 Å². The molecule has 2 amide bonds. The van der Waals surface area contributed by atoms with E-state index in [-0.39, 0.29) is 30.5 Å². The number of nitro groups is 1. The highest BCUT2D eigenvalue weighted by molar-refractivity contribution is 6.30. The van der Waals surface area contributed by atoms with E-state index in [4.69, 9.17) is 11.6 Å². The van der Waals surface area contributed by atoms with Gasteiger partial charge in [0.15, 0.2) is 0 Å². The fraction of sp³-hybridized carbons (Fsp3) is 0.176. The third-order valence-corrected chi connectivity index (χ3v) is 4.21. The summed E-state index contributed by atoms with van der Waals surface area (Å²) in [6.07, 6.45) is 0.0577. The lowest BCUT2D eigenvalue weighted by atomic mass is 10.1. The van der Waals surface area contributed by atoms with E-state index in [0.717, 1.165) is 0 Å². The van der Waals surface area contributed by atoms with Gasteiger partial charge >= 0.3 is 0 Å². The summed E-state index contributed by atoms with van der Waals surface area (Å²) in [6, 6.07) is 12.5. The first-order valence-corrected chi connectivity index (χ1v) is 7.93. The Morgan fingerprint density at radius 2 is 1.96 bits per heavy atom. The molecule has 0 spiro atoms. The van der Waals surface area contributed by atoms with E-state index in [2.05, 4.69) is 5.32 Å². The van der Waals surface area contributed by atoms with Crippen molar-refractivity contribution in [2.45, 2.75) is 6.42 Å². The van der Waals surface area contributed by atoms with Crippen molar-refractivity contribution in [2.24, 2.45) is 5.92 Å². The molecule has 2 aromatic carbocycles. The van der Waals surface area contributed by atoms with Crippen LogP contribution in [0.3, 0.4) is 0 Å². The number of benzene rings is 2. The second kappa shape index (κ2) is 6.90. The van der Waals surface area contributed by atoms with E-state index < -0.39 is 10.8 Å². The van der Waals surface area contributed by atoms with Gasteiger partial charge in [-0.3, -0.25) is 19.7 Å². The number of carbonyl (C=O) groups excluding carboxylic acids is 2. The number of non-ortho nitro benzene ring substituents is 1. The number of hydrogen-bond donors (Lipinski definition) is 1. The summed E-state index contributed by atoms with van der Waals surface area (Å²) >= 11 is 5.80. The minimum atomic E-state index is -0.526. The van der Waals surface area contributed by atoms with Crippen molar-refractivity contribution in [2.75, 3.05) is 16.8 Å². The molecule has 1 N–H and O–H groups in total. The normalized spacial score (nSPS) is 16.8. The highest BCUT2D eigenvalue weighted by atomic mass is 35.5. The fourth-order valence-electron chi connectivity index (χ4n) is 2.68. The van der Waals surface area contributed by atoms with Crippen molar-refractivity contribution in [1.29, 1.82) is 0 Å². The molecule has 7 nitrogen and oxygen atoms in total. The molecule has 0 aliphatic carbocycles. The Balaban J connectivity index is 1.71. The highest BCUT2D eigenvalue weighted by Crippen LogP contribution is 2.28. The highest BCUT2D eigenvalue weighted by Gasteiger charge is 2.35. The van der Waals surface area contributed by atoms with Crippen molar-refractivity contribution >= 4 is 40.5 Å². The molecule has 1 fully saturated rings. The summed E-state index contributed by atoms with van der Waals surface area (Å²) in [5.41, 5.74) is 0.913. The van der Waals surface area contributed by atoms with Gasteiger partial charge in [-0.05, 0) is 30.3 Å². The predicted octanol–water partition coefficient (Wildman–Crippen LogP) is 3.24. The summed E-state index contributed by atoms with van der Waals surface area (Å²) < 4.78 is 0.